The molecule has 0 fully saturated rings. The van der Waals surface area contributed by atoms with Crippen LogP contribution in [0.4, 0.5) is 0 Å². The number of carbonyl (C=O) groups is 1. The molecule has 60 valence electrons. The zero-order valence-electron chi connectivity index (χ0n) is 6.12. The number of amides is 1. The summed E-state index contributed by atoms with van der Waals surface area (Å²) >= 11 is 0. The Morgan fingerprint density at radius 1 is 1.64 bits per heavy atom. The van der Waals surface area contributed by atoms with Crippen LogP contribution >= 0.6 is 0 Å². The van der Waals surface area contributed by atoms with Crippen molar-refractivity contribution in [3.05, 3.63) is 11.4 Å². The van der Waals surface area contributed by atoms with Gasteiger partial charge in [-0.1, -0.05) is 5.16 Å². The van der Waals surface area contributed by atoms with E-state index in [0.29, 0.717) is 5.69 Å². The quantitative estimate of drug-likeness (QED) is 0.594. The van der Waals surface area contributed by atoms with Crippen LogP contribution < -0.4 is 5.48 Å². The molecule has 0 aliphatic rings. The first kappa shape index (κ1) is 7.67. The lowest BCUT2D eigenvalue weighted by Gasteiger charge is -1.95. The summed E-state index contributed by atoms with van der Waals surface area (Å²) in [7, 11) is 1.33. The molecule has 0 atom stereocenters. The average molecular weight is 157 g/mol. The standard InChI is InChI=1S/C5H7N3O3/c1-3-4(7-11-6-3)5(9)8-10-2/h1-2H3,(H,8,9). The first-order chi connectivity index (χ1) is 5.25. The maximum Gasteiger partial charge on any atom is 0.299 e. The van der Waals surface area contributed by atoms with E-state index < -0.39 is 5.91 Å². The summed E-state index contributed by atoms with van der Waals surface area (Å²) in [4.78, 5) is 15.3. The fourth-order valence-electron chi connectivity index (χ4n) is 0.579. The largest absolute Gasteiger partial charge is 0.299 e. The third-order valence-electron chi connectivity index (χ3n) is 1.06. The van der Waals surface area contributed by atoms with E-state index in [-0.39, 0.29) is 5.69 Å². The Labute approximate surface area is 62.4 Å². The summed E-state index contributed by atoms with van der Waals surface area (Å²) in [5.41, 5.74) is 2.65. The molecule has 1 N–H and O–H groups in total. The second kappa shape index (κ2) is 3.11. The molecule has 1 aromatic rings. The van der Waals surface area contributed by atoms with Crippen molar-refractivity contribution < 1.29 is 14.3 Å². The molecule has 0 aliphatic heterocycles. The molecule has 0 spiro atoms. The molecule has 1 aromatic heterocycles. The van der Waals surface area contributed by atoms with Gasteiger partial charge >= 0.3 is 0 Å². The summed E-state index contributed by atoms with van der Waals surface area (Å²) in [5, 5.41) is 6.77. The van der Waals surface area contributed by atoms with Gasteiger partial charge in [0.1, 0.15) is 5.69 Å². The van der Waals surface area contributed by atoms with Crippen molar-refractivity contribution in [3.8, 4) is 0 Å². The van der Waals surface area contributed by atoms with Crippen molar-refractivity contribution in [1.29, 1.82) is 0 Å². The lowest BCUT2D eigenvalue weighted by atomic mass is 10.3. The molecule has 6 nitrogen and oxygen atoms in total. The Bertz CT molecular complexity index is 257. The van der Waals surface area contributed by atoms with Gasteiger partial charge in [-0.2, -0.15) is 0 Å². The Morgan fingerprint density at radius 3 is 2.82 bits per heavy atom. The van der Waals surface area contributed by atoms with Crippen LogP contribution in [0.15, 0.2) is 4.63 Å². The van der Waals surface area contributed by atoms with Gasteiger partial charge in [0.05, 0.1) is 7.11 Å². The van der Waals surface area contributed by atoms with Crippen LogP contribution in [0, 0.1) is 6.92 Å². The molecular weight excluding hydrogens is 150 g/mol. The summed E-state index contributed by atoms with van der Waals surface area (Å²) in [6.07, 6.45) is 0. The topological polar surface area (TPSA) is 77.2 Å². The monoisotopic (exact) mass is 157 g/mol. The molecule has 0 aliphatic carbocycles. The van der Waals surface area contributed by atoms with E-state index in [9.17, 15) is 4.79 Å². The second-order valence-corrected chi connectivity index (χ2v) is 1.83. The second-order valence-electron chi connectivity index (χ2n) is 1.83. The van der Waals surface area contributed by atoms with Crippen molar-refractivity contribution in [2.45, 2.75) is 6.92 Å². The number of hydroxylamine groups is 1. The minimum Gasteiger partial charge on any atom is -0.277 e. The maximum absolute atomic E-state index is 10.9. The highest BCUT2D eigenvalue weighted by atomic mass is 16.6. The van der Waals surface area contributed by atoms with Crippen LogP contribution in [-0.4, -0.2) is 23.3 Å². The summed E-state index contributed by atoms with van der Waals surface area (Å²) in [6.45, 7) is 1.61. The molecule has 0 saturated carbocycles. The molecule has 6 heteroatoms. The van der Waals surface area contributed by atoms with Crippen molar-refractivity contribution in [3.63, 3.8) is 0 Å². The maximum atomic E-state index is 10.9. The van der Waals surface area contributed by atoms with Gasteiger partial charge in [0.25, 0.3) is 5.91 Å². The minimum absolute atomic E-state index is 0.131. The molecular formula is C5H7N3O3. The molecule has 1 rings (SSSR count). The van der Waals surface area contributed by atoms with E-state index in [4.69, 9.17) is 0 Å². The van der Waals surface area contributed by atoms with E-state index in [0.717, 1.165) is 0 Å². The van der Waals surface area contributed by atoms with Crippen LogP contribution in [0.3, 0.4) is 0 Å². The Balaban J connectivity index is 2.76. The van der Waals surface area contributed by atoms with Gasteiger partial charge in [0, 0.05) is 0 Å². The number of carbonyl (C=O) groups excluding carboxylic acids is 1. The highest BCUT2D eigenvalue weighted by Gasteiger charge is 2.13. The van der Waals surface area contributed by atoms with Gasteiger partial charge in [0.15, 0.2) is 5.69 Å². The molecule has 1 heterocycles. The van der Waals surface area contributed by atoms with E-state index in [1.165, 1.54) is 7.11 Å². The van der Waals surface area contributed by atoms with Gasteiger partial charge in [-0.15, -0.1) is 0 Å². The van der Waals surface area contributed by atoms with Crippen LogP contribution in [0.5, 0.6) is 0 Å². The zero-order valence-corrected chi connectivity index (χ0v) is 6.12. The van der Waals surface area contributed by atoms with Gasteiger partial charge < -0.3 is 0 Å². The number of nitrogens with one attached hydrogen (secondary N) is 1. The van der Waals surface area contributed by atoms with E-state index in [2.05, 4.69) is 25.3 Å². The predicted molar refractivity (Wildman–Crippen MR) is 33.5 cm³/mol. The van der Waals surface area contributed by atoms with Crippen LogP contribution in [0.1, 0.15) is 16.2 Å². The Kier molecular flexibility index (Phi) is 2.17. The van der Waals surface area contributed by atoms with Crippen molar-refractivity contribution in [1.82, 2.24) is 15.8 Å². The fraction of sp³-hybridized carbons (Fsp3) is 0.400. The minimum atomic E-state index is -0.466. The first-order valence-corrected chi connectivity index (χ1v) is 2.88. The van der Waals surface area contributed by atoms with Crippen LogP contribution in [0.25, 0.3) is 0 Å². The summed E-state index contributed by atoms with van der Waals surface area (Å²) in [5.74, 6) is -0.466. The molecule has 11 heavy (non-hydrogen) atoms. The van der Waals surface area contributed by atoms with E-state index in [1.54, 1.807) is 6.92 Å². The Hall–Kier alpha value is -1.43. The fourth-order valence-corrected chi connectivity index (χ4v) is 0.579. The predicted octanol–water partition coefficient (Wildman–Crippen LogP) is -0.331. The number of nitrogens with zero attached hydrogens (tertiary/aromatic N) is 2. The molecule has 0 radical (unpaired) electrons. The third-order valence-corrected chi connectivity index (χ3v) is 1.06. The van der Waals surface area contributed by atoms with E-state index in [1.807, 2.05) is 0 Å². The highest BCUT2D eigenvalue weighted by Crippen LogP contribution is 1.98. The molecule has 0 bridgehead atoms. The molecule has 0 saturated heterocycles. The highest BCUT2D eigenvalue weighted by molar-refractivity contribution is 5.92. The van der Waals surface area contributed by atoms with Crippen LogP contribution in [0.2, 0.25) is 0 Å². The van der Waals surface area contributed by atoms with E-state index >= 15 is 0 Å². The van der Waals surface area contributed by atoms with Crippen LogP contribution in [-0.2, 0) is 4.84 Å². The first-order valence-electron chi connectivity index (χ1n) is 2.88. The van der Waals surface area contributed by atoms with Gasteiger partial charge in [0.2, 0.25) is 0 Å². The molecule has 1 amide bonds. The number of hydrogen-bond acceptors (Lipinski definition) is 5. The summed E-state index contributed by atoms with van der Waals surface area (Å²) < 4.78 is 4.30. The average Bonchev–Trinajstić information content (AvgIpc) is 2.36. The van der Waals surface area contributed by atoms with Gasteiger partial charge in [-0.25, -0.2) is 10.1 Å². The van der Waals surface area contributed by atoms with Crippen molar-refractivity contribution >= 4 is 5.91 Å². The summed E-state index contributed by atoms with van der Waals surface area (Å²) in [6, 6.07) is 0. The molecule has 0 aromatic carbocycles. The number of aryl methyl sites for hydroxylation is 1. The van der Waals surface area contributed by atoms with Crippen molar-refractivity contribution in [2.24, 2.45) is 0 Å². The lowest BCUT2D eigenvalue weighted by molar-refractivity contribution is 0.0527. The third kappa shape index (κ3) is 1.53. The van der Waals surface area contributed by atoms with Gasteiger partial charge in [-0.05, 0) is 12.1 Å². The normalized spacial score (nSPS) is 9.64. The van der Waals surface area contributed by atoms with Crippen molar-refractivity contribution in [2.75, 3.05) is 7.11 Å². The lowest BCUT2D eigenvalue weighted by Crippen LogP contribution is -2.22. The SMILES string of the molecule is CONC(=O)c1nonc1C. The zero-order chi connectivity index (χ0) is 8.27. The number of hydrogen-bond donors (Lipinski definition) is 1. The Morgan fingerprint density at radius 2 is 2.36 bits per heavy atom. The number of aromatic nitrogens is 2. The molecule has 0 unspecified atom stereocenters. The van der Waals surface area contributed by atoms with Gasteiger partial charge in [-0.3, -0.25) is 9.63 Å². The smallest absolute Gasteiger partial charge is 0.277 e. The number of rotatable bonds is 2.